The molecule has 1 saturated heterocycles. The maximum atomic E-state index is 3.80. The zero-order chi connectivity index (χ0) is 8.65. The predicted molar refractivity (Wildman–Crippen MR) is 53.0 cm³/mol. The van der Waals surface area contributed by atoms with Gasteiger partial charge in [-0.3, -0.25) is 4.90 Å². The number of unbranched alkanes of at least 4 members (excludes halogenated alkanes) is 1. The molecule has 1 aliphatic heterocycles. The molecule has 1 N–H and O–H groups in total. The molecule has 0 atom stereocenters. The molecule has 1 radical (unpaired) electrons. The van der Waals surface area contributed by atoms with Crippen LogP contribution < -0.4 is 5.32 Å². The van der Waals surface area contributed by atoms with E-state index in [2.05, 4.69) is 29.3 Å². The maximum Gasteiger partial charge on any atom is 0.0164 e. The molecule has 69 valence electrons. The summed E-state index contributed by atoms with van der Waals surface area (Å²) in [6, 6.07) is 0. The molecule has 1 fully saturated rings. The van der Waals surface area contributed by atoms with Gasteiger partial charge in [-0.05, 0) is 12.8 Å². The summed E-state index contributed by atoms with van der Waals surface area (Å²) in [6.07, 6.45) is 6.62. The number of nitrogens with one attached hydrogen (secondary N) is 1. The van der Waals surface area contributed by atoms with Gasteiger partial charge in [0, 0.05) is 32.7 Å². The fraction of sp³-hybridized carbons (Fsp3) is 0.700. The van der Waals surface area contributed by atoms with Crippen LogP contribution in [0.4, 0.5) is 0 Å². The summed E-state index contributed by atoms with van der Waals surface area (Å²) >= 11 is 0. The summed E-state index contributed by atoms with van der Waals surface area (Å²) in [7, 11) is 0. The molecule has 0 aromatic carbocycles. The number of rotatable bonds is 4. The molecule has 1 rings (SSSR count). The van der Waals surface area contributed by atoms with Crippen LogP contribution in [0.15, 0.2) is 12.2 Å². The standard InChI is InChI=1S/C10H19N2/c1-2-3-4-5-8-12-9-6-11-7-10-12/h4-5,11H,1-3,6-10H2/b5-4+. The van der Waals surface area contributed by atoms with Crippen molar-refractivity contribution in [3.63, 3.8) is 0 Å². The molecular weight excluding hydrogens is 148 g/mol. The van der Waals surface area contributed by atoms with E-state index in [4.69, 9.17) is 0 Å². The molecule has 0 aliphatic carbocycles. The van der Waals surface area contributed by atoms with E-state index in [1.54, 1.807) is 0 Å². The molecular formula is C10H19N2. The van der Waals surface area contributed by atoms with E-state index < -0.39 is 0 Å². The van der Waals surface area contributed by atoms with Gasteiger partial charge in [0.25, 0.3) is 0 Å². The molecule has 12 heavy (non-hydrogen) atoms. The summed E-state index contributed by atoms with van der Waals surface area (Å²) in [4.78, 5) is 2.47. The molecule has 1 aliphatic rings. The Bertz CT molecular complexity index is 126. The van der Waals surface area contributed by atoms with E-state index in [1.807, 2.05) is 0 Å². The molecule has 0 aromatic heterocycles. The van der Waals surface area contributed by atoms with Crippen molar-refractivity contribution in [2.45, 2.75) is 12.8 Å². The van der Waals surface area contributed by atoms with Crippen molar-refractivity contribution in [1.29, 1.82) is 0 Å². The first-order chi connectivity index (χ1) is 5.93. The highest BCUT2D eigenvalue weighted by molar-refractivity contribution is 4.86. The van der Waals surface area contributed by atoms with Crippen molar-refractivity contribution >= 4 is 0 Å². The molecule has 0 spiro atoms. The second-order valence-electron chi connectivity index (χ2n) is 3.16. The highest BCUT2D eigenvalue weighted by Gasteiger charge is 2.05. The average molecular weight is 167 g/mol. The van der Waals surface area contributed by atoms with Crippen LogP contribution in [0.5, 0.6) is 0 Å². The van der Waals surface area contributed by atoms with Gasteiger partial charge < -0.3 is 5.32 Å². The summed E-state index contributed by atoms with van der Waals surface area (Å²) in [5.74, 6) is 0. The maximum absolute atomic E-state index is 3.80. The van der Waals surface area contributed by atoms with Gasteiger partial charge in [0.05, 0.1) is 0 Å². The van der Waals surface area contributed by atoms with Gasteiger partial charge in [-0.15, -0.1) is 0 Å². The second kappa shape index (κ2) is 6.21. The quantitative estimate of drug-likeness (QED) is 0.630. The van der Waals surface area contributed by atoms with Crippen LogP contribution in [-0.2, 0) is 0 Å². The van der Waals surface area contributed by atoms with Gasteiger partial charge in [-0.25, -0.2) is 0 Å². The normalized spacial score (nSPS) is 20.4. The van der Waals surface area contributed by atoms with Crippen molar-refractivity contribution in [1.82, 2.24) is 10.2 Å². The minimum Gasteiger partial charge on any atom is -0.314 e. The van der Waals surface area contributed by atoms with Gasteiger partial charge in [-0.1, -0.05) is 19.1 Å². The van der Waals surface area contributed by atoms with Gasteiger partial charge in [0.15, 0.2) is 0 Å². The van der Waals surface area contributed by atoms with Crippen LogP contribution in [0.3, 0.4) is 0 Å². The van der Waals surface area contributed by atoms with Crippen LogP contribution >= 0.6 is 0 Å². The predicted octanol–water partition coefficient (Wildman–Crippen LogP) is 1.06. The lowest BCUT2D eigenvalue weighted by atomic mass is 10.3. The molecule has 2 heteroatoms. The van der Waals surface area contributed by atoms with Crippen LogP contribution in [0.2, 0.25) is 0 Å². The summed E-state index contributed by atoms with van der Waals surface area (Å²) < 4.78 is 0. The van der Waals surface area contributed by atoms with Gasteiger partial charge in [-0.2, -0.15) is 0 Å². The van der Waals surface area contributed by atoms with Crippen molar-refractivity contribution < 1.29 is 0 Å². The third-order valence-corrected chi connectivity index (χ3v) is 2.11. The second-order valence-corrected chi connectivity index (χ2v) is 3.16. The Morgan fingerprint density at radius 2 is 2.00 bits per heavy atom. The van der Waals surface area contributed by atoms with Gasteiger partial charge in [0.1, 0.15) is 0 Å². The van der Waals surface area contributed by atoms with E-state index in [0.717, 1.165) is 32.5 Å². The van der Waals surface area contributed by atoms with E-state index in [1.165, 1.54) is 13.1 Å². The molecule has 0 bridgehead atoms. The Morgan fingerprint density at radius 3 is 2.67 bits per heavy atom. The zero-order valence-corrected chi connectivity index (χ0v) is 7.76. The first-order valence-corrected chi connectivity index (χ1v) is 4.81. The van der Waals surface area contributed by atoms with Crippen LogP contribution in [0, 0.1) is 6.92 Å². The first kappa shape index (κ1) is 9.75. The molecule has 0 saturated carbocycles. The zero-order valence-electron chi connectivity index (χ0n) is 7.76. The lowest BCUT2D eigenvalue weighted by Gasteiger charge is -2.25. The first-order valence-electron chi connectivity index (χ1n) is 4.81. The lowest BCUT2D eigenvalue weighted by Crippen LogP contribution is -2.43. The molecule has 1 heterocycles. The molecule has 0 unspecified atom stereocenters. The van der Waals surface area contributed by atoms with Crippen molar-refractivity contribution in [2.75, 3.05) is 32.7 Å². The fourth-order valence-corrected chi connectivity index (χ4v) is 1.35. The monoisotopic (exact) mass is 167 g/mol. The summed E-state index contributed by atoms with van der Waals surface area (Å²) in [5, 5.41) is 3.34. The lowest BCUT2D eigenvalue weighted by molar-refractivity contribution is 0.264. The Hall–Kier alpha value is -0.340. The Labute approximate surface area is 75.6 Å². The Morgan fingerprint density at radius 1 is 1.25 bits per heavy atom. The van der Waals surface area contributed by atoms with Crippen molar-refractivity contribution in [3.05, 3.63) is 19.1 Å². The van der Waals surface area contributed by atoms with E-state index >= 15 is 0 Å². The van der Waals surface area contributed by atoms with Gasteiger partial charge in [0.2, 0.25) is 0 Å². The molecule has 2 nitrogen and oxygen atoms in total. The number of allylic oxidation sites excluding steroid dienone is 1. The SMILES string of the molecule is [CH2]CC/C=C/CN1CCNCC1. The topological polar surface area (TPSA) is 15.3 Å². The minimum absolute atomic E-state index is 1.01. The highest BCUT2D eigenvalue weighted by Crippen LogP contribution is 1.93. The number of nitrogens with zero attached hydrogens (tertiary/aromatic N) is 1. The van der Waals surface area contributed by atoms with E-state index in [0.29, 0.717) is 0 Å². The fourth-order valence-electron chi connectivity index (χ4n) is 1.35. The average Bonchev–Trinajstić information content (AvgIpc) is 2.14. The van der Waals surface area contributed by atoms with Crippen LogP contribution in [0.1, 0.15) is 12.8 Å². The minimum atomic E-state index is 1.01. The number of piperazine rings is 1. The van der Waals surface area contributed by atoms with Crippen molar-refractivity contribution in [2.24, 2.45) is 0 Å². The van der Waals surface area contributed by atoms with Crippen LogP contribution in [0.25, 0.3) is 0 Å². The van der Waals surface area contributed by atoms with E-state index in [-0.39, 0.29) is 0 Å². The smallest absolute Gasteiger partial charge is 0.0164 e. The Kier molecular flexibility index (Phi) is 5.04. The van der Waals surface area contributed by atoms with Gasteiger partial charge >= 0.3 is 0 Å². The number of hydrogen-bond donors (Lipinski definition) is 1. The summed E-state index contributed by atoms with van der Waals surface area (Å²) in [5.41, 5.74) is 0. The summed E-state index contributed by atoms with van der Waals surface area (Å²) in [6.45, 7) is 9.57. The molecule has 0 aromatic rings. The third kappa shape index (κ3) is 3.88. The van der Waals surface area contributed by atoms with Crippen molar-refractivity contribution in [3.8, 4) is 0 Å². The van der Waals surface area contributed by atoms with E-state index in [9.17, 15) is 0 Å². The Balaban J connectivity index is 2.04. The highest BCUT2D eigenvalue weighted by atomic mass is 15.2. The van der Waals surface area contributed by atoms with Crippen LogP contribution in [-0.4, -0.2) is 37.6 Å². The molecule has 0 amide bonds. The third-order valence-electron chi connectivity index (χ3n) is 2.11. The number of hydrogen-bond acceptors (Lipinski definition) is 2. The largest absolute Gasteiger partial charge is 0.314 e.